The summed E-state index contributed by atoms with van der Waals surface area (Å²) in [5.41, 5.74) is 0.999. The second-order valence-corrected chi connectivity index (χ2v) is 5.92. The number of carbonyl (C=O) groups excluding carboxylic acids is 1. The second-order valence-electron chi connectivity index (χ2n) is 5.92. The number of nitrogens with zero attached hydrogens (tertiary/aromatic N) is 1. The minimum Gasteiger partial charge on any atom is -0.451 e. The van der Waals surface area contributed by atoms with Gasteiger partial charge in [0.15, 0.2) is 5.76 Å². The van der Waals surface area contributed by atoms with E-state index in [1.54, 1.807) is 6.07 Å². The fraction of sp³-hybridized carbons (Fsp3) is 0.353. The minimum absolute atomic E-state index is 0.0200. The number of amides is 1. The summed E-state index contributed by atoms with van der Waals surface area (Å²) < 4.78 is 5.76. The smallest absolute Gasteiger partial charge is 0.289 e. The summed E-state index contributed by atoms with van der Waals surface area (Å²) in [6, 6.07) is 13.5. The normalized spacial score (nSPS) is 24.3. The van der Waals surface area contributed by atoms with Gasteiger partial charge < -0.3 is 14.6 Å². The third kappa shape index (κ3) is 2.25. The first-order valence-corrected chi connectivity index (χ1v) is 7.46. The third-order valence-electron chi connectivity index (χ3n) is 4.55. The molecule has 0 saturated carbocycles. The average Bonchev–Trinajstić information content (AvgIpc) is 3.22. The third-order valence-corrected chi connectivity index (χ3v) is 4.55. The summed E-state index contributed by atoms with van der Waals surface area (Å²) in [6.07, 6.45) is 0. The molecular weight excluding hydrogens is 264 g/mol. The van der Waals surface area contributed by atoms with E-state index in [1.165, 1.54) is 0 Å². The van der Waals surface area contributed by atoms with Gasteiger partial charge >= 0.3 is 0 Å². The van der Waals surface area contributed by atoms with Crippen LogP contribution in [0.3, 0.4) is 0 Å². The van der Waals surface area contributed by atoms with Crippen molar-refractivity contribution in [2.75, 3.05) is 26.2 Å². The highest BCUT2D eigenvalue weighted by atomic mass is 16.4. The molecule has 108 valence electrons. The Kier molecular flexibility index (Phi) is 3.04. The maximum absolute atomic E-state index is 12.5. The molecule has 1 aromatic heterocycles. The summed E-state index contributed by atoms with van der Waals surface area (Å²) in [5, 5.41) is 3.39. The van der Waals surface area contributed by atoms with E-state index in [4.69, 9.17) is 4.42 Å². The predicted molar refractivity (Wildman–Crippen MR) is 79.9 cm³/mol. The molecule has 2 fully saturated rings. The van der Waals surface area contributed by atoms with Gasteiger partial charge in [-0.15, -0.1) is 0 Å². The van der Waals surface area contributed by atoms with Crippen molar-refractivity contribution in [1.82, 2.24) is 10.2 Å². The number of carbonyl (C=O) groups is 1. The van der Waals surface area contributed by atoms with Crippen molar-refractivity contribution in [1.29, 1.82) is 0 Å². The fourth-order valence-electron chi connectivity index (χ4n) is 3.39. The molecule has 4 rings (SSSR count). The monoisotopic (exact) mass is 282 g/mol. The minimum atomic E-state index is 0.0200. The van der Waals surface area contributed by atoms with Gasteiger partial charge in [-0.05, 0) is 24.0 Å². The van der Waals surface area contributed by atoms with Crippen molar-refractivity contribution in [2.24, 2.45) is 11.8 Å². The van der Waals surface area contributed by atoms with Crippen molar-refractivity contribution in [3.8, 4) is 11.3 Å². The van der Waals surface area contributed by atoms with Gasteiger partial charge in [0, 0.05) is 31.7 Å². The topological polar surface area (TPSA) is 45.5 Å². The van der Waals surface area contributed by atoms with Crippen LogP contribution in [0.5, 0.6) is 0 Å². The summed E-state index contributed by atoms with van der Waals surface area (Å²) in [6.45, 7) is 3.75. The molecule has 3 heterocycles. The molecule has 2 aromatic rings. The number of rotatable bonds is 2. The lowest BCUT2D eigenvalue weighted by atomic mass is 10.0. The SMILES string of the molecule is O=C(c1ccc(-c2ccccc2)o1)N1CC2CNCC2C1. The summed E-state index contributed by atoms with van der Waals surface area (Å²) in [5.74, 6) is 2.43. The van der Waals surface area contributed by atoms with E-state index in [9.17, 15) is 4.79 Å². The van der Waals surface area contributed by atoms with Crippen LogP contribution in [-0.2, 0) is 0 Å². The molecule has 4 heteroatoms. The molecular formula is C17H18N2O2. The van der Waals surface area contributed by atoms with E-state index >= 15 is 0 Å². The molecule has 2 saturated heterocycles. The maximum atomic E-state index is 12.5. The van der Waals surface area contributed by atoms with Gasteiger partial charge in [-0.1, -0.05) is 30.3 Å². The van der Waals surface area contributed by atoms with Crippen LogP contribution in [0.4, 0.5) is 0 Å². The molecule has 1 N–H and O–H groups in total. The summed E-state index contributed by atoms with van der Waals surface area (Å²) in [4.78, 5) is 14.5. The molecule has 21 heavy (non-hydrogen) atoms. The molecule has 2 aliphatic heterocycles. The highest BCUT2D eigenvalue weighted by Gasteiger charge is 2.38. The van der Waals surface area contributed by atoms with Crippen molar-refractivity contribution in [3.05, 3.63) is 48.2 Å². The Morgan fingerprint density at radius 3 is 2.48 bits per heavy atom. The number of hydrogen-bond donors (Lipinski definition) is 1. The Balaban J connectivity index is 1.52. The van der Waals surface area contributed by atoms with Gasteiger partial charge in [-0.3, -0.25) is 4.79 Å². The predicted octanol–water partition coefficient (Wildman–Crippen LogP) is 2.24. The van der Waals surface area contributed by atoms with Crippen LogP contribution in [-0.4, -0.2) is 37.0 Å². The fourth-order valence-corrected chi connectivity index (χ4v) is 3.39. The Labute approximate surface area is 123 Å². The second kappa shape index (κ2) is 5.04. The molecule has 2 unspecified atom stereocenters. The average molecular weight is 282 g/mol. The van der Waals surface area contributed by atoms with Crippen LogP contribution < -0.4 is 5.32 Å². The lowest BCUT2D eigenvalue weighted by Gasteiger charge is -2.15. The van der Waals surface area contributed by atoms with Gasteiger partial charge in [-0.2, -0.15) is 0 Å². The molecule has 4 nitrogen and oxygen atoms in total. The Bertz CT molecular complexity index is 638. The number of benzene rings is 1. The first-order valence-electron chi connectivity index (χ1n) is 7.46. The zero-order valence-corrected chi connectivity index (χ0v) is 11.8. The number of likely N-dealkylation sites (tertiary alicyclic amines) is 1. The largest absolute Gasteiger partial charge is 0.451 e. The van der Waals surface area contributed by atoms with Crippen LogP contribution >= 0.6 is 0 Å². The molecule has 2 aliphatic rings. The van der Waals surface area contributed by atoms with Crippen molar-refractivity contribution in [2.45, 2.75) is 0 Å². The van der Waals surface area contributed by atoms with Gasteiger partial charge in [0.25, 0.3) is 5.91 Å². The van der Waals surface area contributed by atoms with E-state index in [-0.39, 0.29) is 5.91 Å². The van der Waals surface area contributed by atoms with Gasteiger partial charge in [0.2, 0.25) is 0 Å². The van der Waals surface area contributed by atoms with E-state index < -0.39 is 0 Å². The van der Waals surface area contributed by atoms with E-state index in [0.29, 0.717) is 17.6 Å². The maximum Gasteiger partial charge on any atom is 0.289 e. The van der Waals surface area contributed by atoms with Crippen LogP contribution in [0.2, 0.25) is 0 Å². The number of fused-ring (bicyclic) bond motifs is 1. The highest BCUT2D eigenvalue weighted by Crippen LogP contribution is 2.29. The first kappa shape index (κ1) is 12.7. The van der Waals surface area contributed by atoms with Gasteiger partial charge in [0.1, 0.15) is 5.76 Å². The number of nitrogens with one attached hydrogen (secondary N) is 1. The van der Waals surface area contributed by atoms with Crippen molar-refractivity contribution in [3.63, 3.8) is 0 Å². The quantitative estimate of drug-likeness (QED) is 0.919. The molecule has 2 atom stereocenters. The molecule has 1 amide bonds. The van der Waals surface area contributed by atoms with Gasteiger partial charge in [-0.25, -0.2) is 0 Å². The van der Waals surface area contributed by atoms with Crippen LogP contribution in [0.1, 0.15) is 10.6 Å². The zero-order valence-electron chi connectivity index (χ0n) is 11.8. The van der Waals surface area contributed by atoms with Crippen molar-refractivity contribution >= 4 is 5.91 Å². The Morgan fingerprint density at radius 1 is 1.05 bits per heavy atom. The standard InChI is InChI=1S/C17H18N2O2/c20-17(19-10-13-8-18-9-14(13)11-19)16-7-6-15(21-16)12-4-2-1-3-5-12/h1-7,13-14,18H,8-11H2. The summed E-state index contributed by atoms with van der Waals surface area (Å²) >= 11 is 0. The van der Waals surface area contributed by atoms with Gasteiger partial charge in [0.05, 0.1) is 0 Å². The Morgan fingerprint density at radius 2 is 1.76 bits per heavy atom. The molecule has 1 aromatic carbocycles. The van der Waals surface area contributed by atoms with E-state index in [2.05, 4.69) is 5.32 Å². The lowest BCUT2D eigenvalue weighted by molar-refractivity contribution is 0.0751. The van der Waals surface area contributed by atoms with Crippen LogP contribution in [0.25, 0.3) is 11.3 Å². The number of hydrogen-bond acceptors (Lipinski definition) is 3. The highest BCUT2D eigenvalue weighted by molar-refractivity contribution is 5.92. The molecule has 0 bridgehead atoms. The Hall–Kier alpha value is -2.07. The molecule has 0 aliphatic carbocycles. The summed E-state index contributed by atoms with van der Waals surface area (Å²) in [7, 11) is 0. The molecule has 0 spiro atoms. The number of furan rings is 1. The van der Waals surface area contributed by atoms with Crippen molar-refractivity contribution < 1.29 is 9.21 Å². The van der Waals surface area contributed by atoms with E-state index in [0.717, 1.165) is 37.5 Å². The van der Waals surface area contributed by atoms with Crippen LogP contribution in [0.15, 0.2) is 46.9 Å². The van der Waals surface area contributed by atoms with Crippen LogP contribution in [0, 0.1) is 11.8 Å². The lowest BCUT2D eigenvalue weighted by Crippen LogP contribution is -2.31. The van der Waals surface area contributed by atoms with E-state index in [1.807, 2.05) is 41.3 Å². The zero-order chi connectivity index (χ0) is 14.2. The first-order chi connectivity index (χ1) is 10.3. The molecule has 0 radical (unpaired) electrons.